The van der Waals surface area contributed by atoms with Gasteiger partial charge in [-0.15, -0.1) is 12.4 Å². The smallest absolute Gasteiger partial charge is 0.256 e. The van der Waals surface area contributed by atoms with E-state index in [1.807, 2.05) is 11.8 Å². The molecule has 0 bridgehead atoms. The lowest BCUT2D eigenvalue weighted by Crippen LogP contribution is -2.47. The minimum atomic E-state index is -0.242. The number of nitrogens with one attached hydrogen (secondary N) is 2. The number of hydrogen-bond acceptors (Lipinski definition) is 5. The molecule has 2 rings (SSSR count). The van der Waals surface area contributed by atoms with Crippen LogP contribution in [0.1, 0.15) is 50.4 Å². The molecule has 0 spiro atoms. The molecule has 3 unspecified atom stereocenters. The van der Waals surface area contributed by atoms with Gasteiger partial charge < -0.3 is 25.0 Å². The molecule has 2 N–H and O–H groups in total. The Labute approximate surface area is 179 Å². The summed E-state index contributed by atoms with van der Waals surface area (Å²) in [6, 6.07) is 3.62. The fraction of sp³-hybridized carbons (Fsp3) is 0.619. The molecule has 0 saturated carbocycles. The highest BCUT2D eigenvalue weighted by Crippen LogP contribution is 2.36. The molecule has 0 aromatic heterocycles. The molecule has 2 amide bonds. The first-order valence-corrected chi connectivity index (χ1v) is 9.88. The van der Waals surface area contributed by atoms with Crippen molar-refractivity contribution in [2.45, 2.75) is 52.1 Å². The lowest BCUT2D eigenvalue weighted by atomic mass is 9.96. The summed E-state index contributed by atoms with van der Waals surface area (Å²) in [4.78, 5) is 28.0. The molecule has 1 saturated heterocycles. The van der Waals surface area contributed by atoms with Gasteiger partial charge in [-0.2, -0.15) is 0 Å². The molecular formula is C21H34ClN3O4. The second-order valence-corrected chi connectivity index (χ2v) is 7.54. The van der Waals surface area contributed by atoms with E-state index in [0.717, 1.165) is 19.3 Å². The zero-order valence-electron chi connectivity index (χ0n) is 18.2. The summed E-state index contributed by atoms with van der Waals surface area (Å²) in [5.41, 5.74) is 0.865. The zero-order chi connectivity index (χ0) is 20.8. The van der Waals surface area contributed by atoms with Crippen LogP contribution in [0.3, 0.4) is 0 Å². The van der Waals surface area contributed by atoms with Gasteiger partial charge in [0.15, 0.2) is 11.5 Å². The Hall–Kier alpha value is -1.99. The topological polar surface area (TPSA) is 79.9 Å². The van der Waals surface area contributed by atoms with Crippen LogP contribution >= 0.6 is 12.4 Å². The summed E-state index contributed by atoms with van der Waals surface area (Å²) in [5, 5.41) is 5.90. The number of methoxy groups -OCH3 is 2. The van der Waals surface area contributed by atoms with Crippen LogP contribution in [0, 0.1) is 5.92 Å². The molecule has 0 aliphatic carbocycles. The Balaban J connectivity index is 0.00000420. The molecule has 0 radical (unpaired) electrons. The van der Waals surface area contributed by atoms with Crippen LogP contribution in [0.4, 0.5) is 5.69 Å². The van der Waals surface area contributed by atoms with E-state index >= 15 is 0 Å². The van der Waals surface area contributed by atoms with E-state index in [-0.39, 0.29) is 42.2 Å². The van der Waals surface area contributed by atoms with Crippen LogP contribution in [0.2, 0.25) is 0 Å². The number of carbonyl (C=O) groups excluding carboxylic acids is 2. The Kier molecular flexibility index (Phi) is 9.73. The summed E-state index contributed by atoms with van der Waals surface area (Å²) in [5.74, 6) is 0.432. The van der Waals surface area contributed by atoms with E-state index in [2.05, 4.69) is 24.5 Å². The Morgan fingerprint density at radius 3 is 2.21 bits per heavy atom. The highest BCUT2D eigenvalue weighted by atomic mass is 35.5. The van der Waals surface area contributed by atoms with Gasteiger partial charge in [0, 0.05) is 30.6 Å². The largest absolute Gasteiger partial charge is 0.493 e. The molecule has 164 valence electrons. The van der Waals surface area contributed by atoms with Gasteiger partial charge in [-0.05, 0) is 46.2 Å². The molecule has 7 nitrogen and oxygen atoms in total. The number of rotatable bonds is 7. The summed E-state index contributed by atoms with van der Waals surface area (Å²) >= 11 is 0. The Morgan fingerprint density at radius 1 is 1.14 bits per heavy atom. The highest BCUT2D eigenvalue weighted by Gasteiger charge is 2.32. The third-order valence-electron chi connectivity index (χ3n) is 5.40. The first kappa shape index (κ1) is 25.0. The first-order chi connectivity index (χ1) is 13.3. The fourth-order valence-corrected chi connectivity index (χ4v) is 3.77. The van der Waals surface area contributed by atoms with Crippen LogP contribution in [0.5, 0.6) is 11.5 Å². The number of hydrogen-bond donors (Lipinski definition) is 2. The highest BCUT2D eigenvalue weighted by molar-refractivity contribution is 6.05. The van der Waals surface area contributed by atoms with Gasteiger partial charge in [-0.25, -0.2) is 0 Å². The summed E-state index contributed by atoms with van der Waals surface area (Å²) in [6.45, 7) is 6.52. The average molecular weight is 428 g/mol. The third kappa shape index (κ3) is 5.76. The molecule has 3 atom stereocenters. The SMILES string of the molecule is CNCC(C)C(=O)Nc1cc(OC)c(OC)cc1C(=O)N1C(C)CCCC1C.Cl. The van der Waals surface area contributed by atoms with Gasteiger partial charge in [0.1, 0.15) is 0 Å². The average Bonchev–Trinajstić information content (AvgIpc) is 2.67. The van der Waals surface area contributed by atoms with Crippen molar-refractivity contribution in [3.05, 3.63) is 17.7 Å². The van der Waals surface area contributed by atoms with Crippen molar-refractivity contribution in [3.63, 3.8) is 0 Å². The summed E-state index contributed by atoms with van der Waals surface area (Å²) < 4.78 is 10.8. The number of amides is 2. The molecule has 1 aromatic rings. The lowest BCUT2D eigenvalue weighted by Gasteiger charge is -2.39. The van der Waals surface area contributed by atoms with Gasteiger partial charge in [-0.3, -0.25) is 9.59 Å². The van der Waals surface area contributed by atoms with E-state index in [9.17, 15) is 9.59 Å². The van der Waals surface area contributed by atoms with E-state index in [0.29, 0.717) is 29.3 Å². The zero-order valence-corrected chi connectivity index (χ0v) is 19.0. The summed E-state index contributed by atoms with van der Waals surface area (Å²) in [6.07, 6.45) is 3.07. The van der Waals surface area contributed by atoms with Crippen LogP contribution in [-0.2, 0) is 4.79 Å². The van der Waals surface area contributed by atoms with Gasteiger partial charge in [0.25, 0.3) is 5.91 Å². The van der Waals surface area contributed by atoms with Crippen LogP contribution in [-0.4, -0.2) is 56.6 Å². The van der Waals surface area contributed by atoms with Crippen molar-refractivity contribution in [2.75, 3.05) is 33.1 Å². The van der Waals surface area contributed by atoms with E-state index in [1.54, 1.807) is 19.2 Å². The number of benzene rings is 1. The third-order valence-corrected chi connectivity index (χ3v) is 5.40. The molecule has 1 aliphatic rings. The number of likely N-dealkylation sites (tertiary alicyclic amines) is 1. The minimum absolute atomic E-state index is 0. The summed E-state index contributed by atoms with van der Waals surface area (Å²) in [7, 11) is 4.86. The maximum Gasteiger partial charge on any atom is 0.256 e. The number of anilines is 1. The van der Waals surface area contributed by atoms with Gasteiger partial charge >= 0.3 is 0 Å². The van der Waals surface area contributed by atoms with Crippen molar-refractivity contribution in [2.24, 2.45) is 5.92 Å². The standard InChI is InChI=1S/C21H33N3O4.ClH/c1-13(12-22-4)20(25)23-17-11-19(28-6)18(27-5)10-16(17)21(26)24-14(2)8-7-9-15(24)3;/h10-11,13-15,22H,7-9,12H2,1-6H3,(H,23,25);1H. The monoisotopic (exact) mass is 427 g/mol. The fourth-order valence-electron chi connectivity index (χ4n) is 3.77. The predicted molar refractivity (Wildman–Crippen MR) is 117 cm³/mol. The van der Waals surface area contributed by atoms with Crippen molar-refractivity contribution >= 4 is 29.9 Å². The van der Waals surface area contributed by atoms with Gasteiger partial charge in [-0.1, -0.05) is 6.92 Å². The number of halogens is 1. The molecule has 1 heterocycles. The number of nitrogens with zero attached hydrogens (tertiary/aromatic N) is 1. The second kappa shape index (κ2) is 11.3. The van der Waals surface area contributed by atoms with Crippen molar-refractivity contribution < 1.29 is 19.1 Å². The normalized spacial score (nSPS) is 19.7. The van der Waals surface area contributed by atoms with Crippen LogP contribution in [0.15, 0.2) is 12.1 Å². The van der Waals surface area contributed by atoms with Crippen molar-refractivity contribution in [3.8, 4) is 11.5 Å². The number of ether oxygens (including phenoxy) is 2. The van der Waals surface area contributed by atoms with E-state index in [4.69, 9.17) is 9.47 Å². The maximum absolute atomic E-state index is 13.5. The lowest BCUT2D eigenvalue weighted by molar-refractivity contribution is -0.119. The van der Waals surface area contributed by atoms with Gasteiger partial charge in [0.05, 0.1) is 25.5 Å². The molecule has 1 fully saturated rings. The minimum Gasteiger partial charge on any atom is -0.493 e. The molecule has 1 aliphatic heterocycles. The first-order valence-electron chi connectivity index (χ1n) is 9.88. The van der Waals surface area contributed by atoms with E-state index in [1.165, 1.54) is 14.2 Å². The number of carbonyl (C=O) groups is 2. The van der Waals surface area contributed by atoms with Crippen molar-refractivity contribution in [1.82, 2.24) is 10.2 Å². The van der Waals surface area contributed by atoms with Gasteiger partial charge in [0.2, 0.25) is 5.91 Å². The quantitative estimate of drug-likeness (QED) is 0.697. The second-order valence-electron chi connectivity index (χ2n) is 7.54. The maximum atomic E-state index is 13.5. The molecule has 1 aromatic carbocycles. The molecule has 8 heteroatoms. The molecular weight excluding hydrogens is 394 g/mol. The Bertz CT molecular complexity index is 703. The van der Waals surface area contributed by atoms with Crippen molar-refractivity contribution in [1.29, 1.82) is 0 Å². The van der Waals surface area contributed by atoms with Crippen LogP contribution in [0.25, 0.3) is 0 Å². The van der Waals surface area contributed by atoms with E-state index < -0.39 is 0 Å². The number of piperidine rings is 1. The molecule has 29 heavy (non-hydrogen) atoms. The predicted octanol–water partition coefficient (Wildman–Crippen LogP) is 3.32. The van der Waals surface area contributed by atoms with Crippen LogP contribution < -0.4 is 20.1 Å². The Morgan fingerprint density at radius 2 is 1.69 bits per heavy atom.